The fourth-order valence-corrected chi connectivity index (χ4v) is 3.80. The van der Waals surface area contributed by atoms with Crippen LogP contribution in [-0.4, -0.2) is 57.7 Å². The molecule has 0 saturated carbocycles. The summed E-state index contributed by atoms with van der Waals surface area (Å²) in [6, 6.07) is 15.4. The third-order valence-corrected chi connectivity index (χ3v) is 5.23. The van der Waals surface area contributed by atoms with Crippen LogP contribution in [0.3, 0.4) is 0 Å². The van der Waals surface area contributed by atoms with Crippen LogP contribution < -0.4 is 20.3 Å². The van der Waals surface area contributed by atoms with E-state index in [9.17, 15) is 8.78 Å². The highest BCUT2D eigenvalue weighted by Gasteiger charge is 2.26. The van der Waals surface area contributed by atoms with E-state index in [2.05, 4.69) is 62.5 Å². The fraction of sp³-hybridized carbons (Fsp3) is 0.435. The summed E-state index contributed by atoms with van der Waals surface area (Å²) >= 11 is 0. The molecule has 0 aromatic heterocycles. The first-order valence-electron chi connectivity index (χ1n) is 10.4. The zero-order valence-corrected chi connectivity index (χ0v) is 18.3. The summed E-state index contributed by atoms with van der Waals surface area (Å²) in [6.45, 7) is 0.147. The number of aliphatic imine (C=N–C) groups is 1. The van der Waals surface area contributed by atoms with Gasteiger partial charge in [0.2, 0.25) is 0 Å². The Morgan fingerprint density at radius 2 is 1.87 bits per heavy atom. The first-order valence-corrected chi connectivity index (χ1v) is 10.4. The highest BCUT2D eigenvalue weighted by molar-refractivity contribution is 5.80. The number of hydrogen-bond donors (Lipinski definition) is 2. The lowest BCUT2D eigenvalue weighted by molar-refractivity contribution is -0.0495. The molecular formula is C23H31F2N5O. The number of anilines is 1. The van der Waals surface area contributed by atoms with Crippen molar-refractivity contribution < 1.29 is 13.5 Å². The predicted molar refractivity (Wildman–Crippen MR) is 121 cm³/mol. The van der Waals surface area contributed by atoms with E-state index in [1.165, 1.54) is 11.1 Å². The molecular weight excluding hydrogens is 400 g/mol. The molecule has 0 aliphatic carbocycles. The topological polar surface area (TPSA) is 52.1 Å². The number of rotatable bonds is 8. The second-order valence-electron chi connectivity index (χ2n) is 7.85. The molecule has 0 radical (unpaired) electrons. The van der Waals surface area contributed by atoms with Gasteiger partial charge >= 0.3 is 6.61 Å². The Morgan fingerprint density at radius 3 is 2.58 bits per heavy atom. The van der Waals surface area contributed by atoms with E-state index in [1.807, 2.05) is 18.2 Å². The van der Waals surface area contributed by atoms with Crippen LogP contribution in [0.1, 0.15) is 17.5 Å². The molecule has 0 bridgehead atoms. The van der Waals surface area contributed by atoms with Crippen molar-refractivity contribution in [3.63, 3.8) is 0 Å². The van der Waals surface area contributed by atoms with E-state index >= 15 is 0 Å². The van der Waals surface area contributed by atoms with Crippen LogP contribution >= 0.6 is 0 Å². The van der Waals surface area contributed by atoms with Crippen molar-refractivity contribution >= 4 is 11.6 Å². The van der Waals surface area contributed by atoms with Crippen molar-refractivity contribution in [3.05, 3.63) is 59.7 Å². The summed E-state index contributed by atoms with van der Waals surface area (Å²) in [5.41, 5.74) is 3.19. The lowest BCUT2D eigenvalue weighted by Gasteiger charge is -2.23. The lowest BCUT2D eigenvalue weighted by atomic mass is 10.1. The van der Waals surface area contributed by atoms with E-state index in [4.69, 9.17) is 0 Å². The number of halogens is 2. The predicted octanol–water partition coefficient (Wildman–Crippen LogP) is 3.29. The van der Waals surface area contributed by atoms with Gasteiger partial charge in [-0.3, -0.25) is 4.99 Å². The summed E-state index contributed by atoms with van der Waals surface area (Å²) < 4.78 is 30.1. The Morgan fingerprint density at radius 1 is 1.16 bits per heavy atom. The van der Waals surface area contributed by atoms with Gasteiger partial charge in [0.15, 0.2) is 5.96 Å². The molecule has 2 N–H and O–H groups in total. The van der Waals surface area contributed by atoms with E-state index in [-0.39, 0.29) is 11.8 Å². The van der Waals surface area contributed by atoms with Crippen LogP contribution in [-0.2, 0) is 13.1 Å². The smallest absolute Gasteiger partial charge is 0.387 e. The van der Waals surface area contributed by atoms with Gasteiger partial charge in [-0.15, -0.1) is 0 Å². The van der Waals surface area contributed by atoms with E-state index < -0.39 is 6.61 Å². The summed E-state index contributed by atoms with van der Waals surface area (Å²) in [5, 5.41) is 6.85. The van der Waals surface area contributed by atoms with E-state index in [0.29, 0.717) is 18.8 Å². The normalized spacial score (nSPS) is 16.8. The molecule has 2 aromatic carbocycles. The number of nitrogens with one attached hydrogen (secondary N) is 2. The Balaban J connectivity index is 1.57. The van der Waals surface area contributed by atoms with Gasteiger partial charge in [-0.1, -0.05) is 36.4 Å². The molecule has 31 heavy (non-hydrogen) atoms. The highest BCUT2D eigenvalue weighted by atomic mass is 19.3. The molecule has 168 valence electrons. The largest absolute Gasteiger partial charge is 0.433 e. The molecule has 6 nitrogen and oxygen atoms in total. The Labute approximate surface area is 182 Å². The van der Waals surface area contributed by atoms with E-state index in [1.54, 1.807) is 19.2 Å². The van der Waals surface area contributed by atoms with E-state index in [0.717, 1.165) is 25.5 Å². The molecule has 1 heterocycles. The molecule has 1 unspecified atom stereocenters. The highest BCUT2D eigenvalue weighted by Crippen LogP contribution is 2.31. The molecule has 1 saturated heterocycles. The van der Waals surface area contributed by atoms with Crippen molar-refractivity contribution in [3.8, 4) is 5.75 Å². The van der Waals surface area contributed by atoms with Gasteiger partial charge in [0.05, 0.1) is 5.69 Å². The molecule has 0 amide bonds. The Bertz CT molecular complexity index is 875. The number of nitrogens with zero attached hydrogens (tertiary/aromatic N) is 3. The number of alkyl halides is 2. The summed E-state index contributed by atoms with van der Waals surface area (Å²) in [5.74, 6) is 0.932. The molecule has 1 aliphatic rings. The number of benzene rings is 2. The van der Waals surface area contributed by atoms with Crippen molar-refractivity contribution in [2.24, 2.45) is 4.99 Å². The molecule has 0 spiro atoms. The first kappa shape index (κ1) is 22.8. The Hall–Kier alpha value is -2.87. The van der Waals surface area contributed by atoms with Gasteiger partial charge in [-0.05, 0) is 43.8 Å². The maximum atomic E-state index is 12.7. The second kappa shape index (κ2) is 10.9. The third-order valence-electron chi connectivity index (χ3n) is 5.23. The maximum Gasteiger partial charge on any atom is 0.387 e. The van der Waals surface area contributed by atoms with Crippen LogP contribution in [0, 0.1) is 0 Å². The Kier molecular flexibility index (Phi) is 8.06. The van der Waals surface area contributed by atoms with Gasteiger partial charge in [-0.25, -0.2) is 0 Å². The van der Waals surface area contributed by atoms with Crippen molar-refractivity contribution in [1.29, 1.82) is 0 Å². The van der Waals surface area contributed by atoms with Crippen molar-refractivity contribution in [2.75, 3.05) is 39.1 Å². The van der Waals surface area contributed by atoms with Crippen molar-refractivity contribution in [2.45, 2.75) is 32.2 Å². The minimum absolute atomic E-state index is 0.155. The minimum atomic E-state index is -2.84. The molecule has 1 atom stereocenters. The maximum absolute atomic E-state index is 12.7. The van der Waals surface area contributed by atoms with Crippen LogP contribution in [0.15, 0.2) is 53.5 Å². The number of hydrogen-bond acceptors (Lipinski definition) is 4. The average Bonchev–Trinajstić information content (AvgIpc) is 3.20. The lowest BCUT2D eigenvalue weighted by Crippen LogP contribution is -2.44. The molecule has 8 heteroatoms. The molecule has 2 aromatic rings. The average molecular weight is 432 g/mol. The van der Waals surface area contributed by atoms with Gasteiger partial charge < -0.3 is 25.2 Å². The molecule has 1 aliphatic heterocycles. The van der Waals surface area contributed by atoms with Gasteiger partial charge in [0, 0.05) is 39.3 Å². The minimum Gasteiger partial charge on any atom is -0.433 e. The summed E-state index contributed by atoms with van der Waals surface area (Å²) in [4.78, 5) is 8.57. The first-order chi connectivity index (χ1) is 15.0. The zero-order chi connectivity index (χ0) is 22.2. The van der Waals surface area contributed by atoms with Crippen LogP contribution in [0.2, 0.25) is 0 Å². The molecule has 3 rings (SSSR count). The molecule has 1 fully saturated rings. The van der Waals surface area contributed by atoms with Crippen LogP contribution in [0.4, 0.5) is 14.5 Å². The number of guanidine groups is 1. The monoisotopic (exact) mass is 431 g/mol. The SMILES string of the molecule is CN=C(NCc1ccccc1CN(C)C)NC1CCN(c2ccccc2OC(F)F)C1. The number of ether oxygens (including phenoxy) is 1. The third kappa shape index (κ3) is 6.55. The zero-order valence-electron chi connectivity index (χ0n) is 18.3. The fourth-order valence-electron chi connectivity index (χ4n) is 3.80. The summed E-state index contributed by atoms with van der Waals surface area (Å²) in [6.07, 6.45) is 0.876. The van der Waals surface area contributed by atoms with Crippen molar-refractivity contribution in [1.82, 2.24) is 15.5 Å². The van der Waals surface area contributed by atoms with Crippen LogP contribution in [0.25, 0.3) is 0 Å². The second-order valence-corrected chi connectivity index (χ2v) is 7.85. The standard InChI is InChI=1S/C23H31F2N5O/c1-26-23(27-14-17-8-4-5-9-18(17)15-29(2)3)28-19-12-13-30(16-19)20-10-6-7-11-21(20)31-22(24)25/h4-11,19,22H,12-16H2,1-3H3,(H2,26,27,28). The van der Waals surface area contributed by atoms with Gasteiger partial charge in [0.25, 0.3) is 0 Å². The summed E-state index contributed by atoms with van der Waals surface area (Å²) in [7, 11) is 5.86. The quantitative estimate of drug-likeness (QED) is 0.496. The number of para-hydroxylation sites is 2. The van der Waals surface area contributed by atoms with Crippen LogP contribution in [0.5, 0.6) is 5.75 Å². The van der Waals surface area contributed by atoms with Gasteiger partial charge in [-0.2, -0.15) is 8.78 Å². The van der Waals surface area contributed by atoms with Gasteiger partial charge in [0.1, 0.15) is 5.75 Å².